The van der Waals surface area contributed by atoms with Crippen LogP contribution in [0, 0.1) is 11.8 Å². The molecule has 4 bridgehead atoms. The average molecular weight is 555 g/mol. The molecule has 3 saturated heterocycles. The molecule has 0 aromatic heterocycles. The Bertz CT molecular complexity index is 1140. The summed E-state index contributed by atoms with van der Waals surface area (Å²) < 4.78 is 11.2. The number of ether oxygens (including phenoxy) is 2. The zero-order chi connectivity index (χ0) is 28.2. The minimum atomic E-state index is -0.434. The minimum Gasteiger partial charge on any atom is -0.493 e. The first kappa shape index (κ1) is 28.2. The molecule has 2 N–H and O–H groups in total. The van der Waals surface area contributed by atoms with Gasteiger partial charge in [0.2, 0.25) is 23.6 Å². The number of methoxy groups -OCH3 is 2. The summed E-state index contributed by atoms with van der Waals surface area (Å²) in [4.78, 5) is 55.2. The number of nitrogens with one attached hydrogen (secondary N) is 2. The number of hydrogen-bond donors (Lipinski definition) is 2. The summed E-state index contributed by atoms with van der Waals surface area (Å²) in [7, 11) is 3.25. The van der Waals surface area contributed by atoms with Gasteiger partial charge in [-0.2, -0.15) is 0 Å². The molecule has 40 heavy (non-hydrogen) atoms. The van der Waals surface area contributed by atoms with Crippen molar-refractivity contribution in [1.29, 1.82) is 0 Å². The minimum absolute atomic E-state index is 0.00262. The highest BCUT2D eigenvalue weighted by atomic mass is 16.5. The predicted molar refractivity (Wildman–Crippen MR) is 148 cm³/mol. The van der Waals surface area contributed by atoms with Gasteiger partial charge in [-0.3, -0.25) is 19.2 Å². The third-order valence-electron chi connectivity index (χ3n) is 8.99. The number of carbonyl (C=O) groups is 4. The Kier molecular flexibility index (Phi) is 8.81. The van der Waals surface area contributed by atoms with Crippen molar-refractivity contribution >= 4 is 23.6 Å². The topological polar surface area (TPSA) is 117 Å². The molecule has 0 spiro atoms. The van der Waals surface area contributed by atoms with E-state index in [0.717, 1.165) is 36.8 Å². The van der Waals surface area contributed by atoms with Crippen LogP contribution >= 0.6 is 0 Å². The fourth-order valence-corrected chi connectivity index (χ4v) is 7.10. The van der Waals surface area contributed by atoms with E-state index in [1.54, 1.807) is 14.2 Å². The Labute approximate surface area is 236 Å². The lowest BCUT2D eigenvalue weighted by molar-refractivity contribution is -0.146. The molecule has 1 aromatic rings. The van der Waals surface area contributed by atoms with Gasteiger partial charge in [0.15, 0.2) is 11.5 Å². The van der Waals surface area contributed by atoms with Gasteiger partial charge >= 0.3 is 0 Å². The van der Waals surface area contributed by atoms with Crippen molar-refractivity contribution in [3.63, 3.8) is 0 Å². The molecule has 10 nitrogen and oxygen atoms in total. The van der Waals surface area contributed by atoms with Gasteiger partial charge in [-0.25, -0.2) is 0 Å². The van der Waals surface area contributed by atoms with E-state index >= 15 is 0 Å². The number of benzene rings is 1. The molecular formula is C30H42N4O6. The third kappa shape index (κ3) is 6.20. The highest BCUT2D eigenvalue weighted by Gasteiger charge is 2.44. The molecule has 4 amide bonds. The molecule has 5 rings (SSSR count). The molecule has 0 aliphatic carbocycles. The molecule has 1 aromatic carbocycles. The van der Waals surface area contributed by atoms with Crippen LogP contribution in [0.1, 0.15) is 62.5 Å². The van der Waals surface area contributed by atoms with Crippen molar-refractivity contribution in [1.82, 2.24) is 20.4 Å². The van der Waals surface area contributed by atoms with Crippen molar-refractivity contribution in [3.05, 3.63) is 23.3 Å². The molecule has 4 aliphatic rings. The smallest absolute Gasteiger partial charge is 0.245 e. The second-order valence-corrected chi connectivity index (χ2v) is 11.7. The van der Waals surface area contributed by atoms with E-state index in [1.165, 1.54) is 0 Å². The van der Waals surface area contributed by atoms with Crippen LogP contribution in [0.3, 0.4) is 0 Å². The normalized spacial score (nSPS) is 27.9. The summed E-state index contributed by atoms with van der Waals surface area (Å²) >= 11 is 0. The van der Waals surface area contributed by atoms with Gasteiger partial charge in [0.1, 0.15) is 6.04 Å². The van der Waals surface area contributed by atoms with Gasteiger partial charge in [0.25, 0.3) is 0 Å². The highest BCUT2D eigenvalue weighted by molar-refractivity contribution is 5.91. The molecule has 218 valence electrons. The molecule has 4 heterocycles. The zero-order valence-corrected chi connectivity index (χ0v) is 23.7. The fourth-order valence-electron chi connectivity index (χ4n) is 7.10. The maximum atomic E-state index is 13.7. The summed E-state index contributed by atoms with van der Waals surface area (Å²) in [6.45, 7) is 2.40. The van der Waals surface area contributed by atoms with Gasteiger partial charge in [-0.05, 0) is 74.0 Å². The summed E-state index contributed by atoms with van der Waals surface area (Å²) in [5, 5.41) is 5.85. The lowest BCUT2D eigenvalue weighted by atomic mass is 9.77. The summed E-state index contributed by atoms with van der Waals surface area (Å²) in [6.07, 6.45) is 6.26. The maximum Gasteiger partial charge on any atom is 0.245 e. The quantitative estimate of drug-likeness (QED) is 0.589. The Hall–Kier alpha value is -3.30. The Morgan fingerprint density at radius 2 is 1.75 bits per heavy atom. The number of fused-ring (bicyclic) bond motifs is 6. The Morgan fingerprint density at radius 3 is 2.50 bits per heavy atom. The van der Waals surface area contributed by atoms with Gasteiger partial charge < -0.3 is 29.9 Å². The van der Waals surface area contributed by atoms with Gasteiger partial charge in [0.05, 0.1) is 14.2 Å². The van der Waals surface area contributed by atoms with Crippen LogP contribution in [0.5, 0.6) is 11.5 Å². The first-order chi connectivity index (χ1) is 19.4. The van der Waals surface area contributed by atoms with E-state index < -0.39 is 6.04 Å². The highest BCUT2D eigenvalue weighted by Crippen LogP contribution is 2.37. The van der Waals surface area contributed by atoms with Crippen molar-refractivity contribution in [2.75, 3.05) is 40.4 Å². The Balaban J connectivity index is 1.35. The van der Waals surface area contributed by atoms with Crippen LogP contribution < -0.4 is 20.1 Å². The lowest BCUT2D eigenvalue weighted by Crippen LogP contribution is -2.61. The summed E-state index contributed by atoms with van der Waals surface area (Å²) in [5.74, 6) is 1.80. The van der Waals surface area contributed by atoms with Gasteiger partial charge in [-0.15, -0.1) is 0 Å². The molecule has 0 unspecified atom stereocenters. The number of piperidine rings is 2. The molecular weight excluding hydrogens is 512 g/mol. The standard InChI is InChI=1S/C30H42N4O6/c1-39-25-15-19-8-11-28(37)34-17-20-14-22(18-33(16-20)30(38)23-9-10-27(36)32-23)24(34)6-3-7-26(35)31-12-4-5-21(13-19)29(25)40-2/h13,15,20,22-24H,3-12,14,16-18H2,1-2H3,(H,31,35)(H,32,36)/t20-,22-,23-,24-/m0/s1. The van der Waals surface area contributed by atoms with Crippen LogP contribution in [-0.4, -0.2) is 85.9 Å². The molecule has 3 fully saturated rings. The first-order valence-electron chi connectivity index (χ1n) is 14.7. The van der Waals surface area contributed by atoms with E-state index in [0.29, 0.717) is 76.2 Å². The van der Waals surface area contributed by atoms with Crippen molar-refractivity contribution in [3.8, 4) is 11.5 Å². The Morgan fingerprint density at radius 1 is 0.900 bits per heavy atom. The molecule has 10 heteroatoms. The molecule has 0 saturated carbocycles. The number of nitrogens with zero attached hydrogens (tertiary/aromatic N) is 2. The molecule has 4 aliphatic heterocycles. The molecule has 0 radical (unpaired) electrons. The largest absolute Gasteiger partial charge is 0.493 e. The van der Waals surface area contributed by atoms with Crippen molar-refractivity contribution < 1.29 is 28.7 Å². The van der Waals surface area contributed by atoms with E-state index in [4.69, 9.17) is 9.47 Å². The van der Waals surface area contributed by atoms with Crippen LogP contribution in [0.25, 0.3) is 0 Å². The maximum absolute atomic E-state index is 13.7. The zero-order valence-electron chi connectivity index (χ0n) is 23.7. The number of amides is 4. The lowest BCUT2D eigenvalue weighted by Gasteiger charge is -2.51. The fraction of sp³-hybridized carbons (Fsp3) is 0.667. The van der Waals surface area contributed by atoms with Crippen LogP contribution in [0.15, 0.2) is 12.1 Å². The SMILES string of the molecule is COc1cc2cc(c1OC)CCCNC(=O)CCC[C@H]1[C@H]3C[C@@H](CN(C(=O)[C@@H]4CCC(=O)N4)C3)CN1C(=O)CC2. The average Bonchev–Trinajstić information content (AvgIpc) is 3.39. The van der Waals surface area contributed by atoms with Gasteiger partial charge in [0, 0.05) is 51.5 Å². The van der Waals surface area contributed by atoms with E-state index in [-0.39, 0.29) is 41.5 Å². The number of likely N-dealkylation sites (tertiary alicyclic amines) is 1. The van der Waals surface area contributed by atoms with Crippen molar-refractivity contribution in [2.45, 2.75) is 76.3 Å². The third-order valence-corrected chi connectivity index (χ3v) is 8.99. The first-order valence-corrected chi connectivity index (χ1v) is 14.7. The summed E-state index contributed by atoms with van der Waals surface area (Å²) in [5.41, 5.74) is 2.04. The number of rotatable bonds is 3. The van der Waals surface area contributed by atoms with Crippen LogP contribution in [0.4, 0.5) is 0 Å². The van der Waals surface area contributed by atoms with Crippen molar-refractivity contribution in [2.24, 2.45) is 11.8 Å². The van der Waals surface area contributed by atoms with Gasteiger partial charge in [-0.1, -0.05) is 6.07 Å². The van der Waals surface area contributed by atoms with E-state index in [9.17, 15) is 19.2 Å². The van der Waals surface area contributed by atoms with E-state index in [1.807, 2.05) is 15.9 Å². The van der Waals surface area contributed by atoms with Crippen LogP contribution in [-0.2, 0) is 32.0 Å². The second kappa shape index (κ2) is 12.5. The number of aryl methyl sites for hydroxylation is 2. The number of carbonyl (C=O) groups excluding carboxylic acids is 4. The summed E-state index contributed by atoms with van der Waals surface area (Å²) in [6, 6.07) is 3.60. The predicted octanol–water partition coefficient (Wildman–Crippen LogP) is 1.82. The monoisotopic (exact) mass is 554 g/mol. The second-order valence-electron chi connectivity index (χ2n) is 11.7. The number of hydrogen-bond acceptors (Lipinski definition) is 6. The van der Waals surface area contributed by atoms with E-state index in [2.05, 4.69) is 16.7 Å². The van der Waals surface area contributed by atoms with Crippen LogP contribution in [0.2, 0.25) is 0 Å². The molecule has 4 atom stereocenters.